The normalized spacial score (nSPS) is 12.8. The quantitative estimate of drug-likeness (QED) is 0.186. The minimum absolute atomic E-state index is 0.0411. The highest BCUT2D eigenvalue weighted by molar-refractivity contribution is 6.42. The van der Waals surface area contributed by atoms with Gasteiger partial charge in [-0.05, 0) is 66.9 Å². The number of benzene rings is 2. The molecule has 2 aromatic heterocycles. The van der Waals surface area contributed by atoms with E-state index in [0.717, 1.165) is 24.1 Å². The van der Waals surface area contributed by atoms with Gasteiger partial charge in [-0.25, -0.2) is 9.78 Å². The van der Waals surface area contributed by atoms with Gasteiger partial charge in [0.1, 0.15) is 10.9 Å². The molecule has 1 aliphatic carbocycles. The summed E-state index contributed by atoms with van der Waals surface area (Å²) in [7, 11) is 0. The highest BCUT2D eigenvalue weighted by Crippen LogP contribution is 2.42. The molecular weight excluding hydrogens is 537 g/mol. The van der Waals surface area contributed by atoms with Crippen LogP contribution in [0.25, 0.3) is 11.3 Å². The lowest BCUT2D eigenvalue weighted by Crippen LogP contribution is -2.30. The first-order valence-electron chi connectivity index (χ1n) is 11.4. The van der Waals surface area contributed by atoms with Crippen molar-refractivity contribution < 1.29 is 14.7 Å². The van der Waals surface area contributed by atoms with Gasteiger partial charge in [0.25, 0.3) is 5.91 Å². The van der Waals surface area contributed by atoms with E-state index in [0.29, 0.717) is 27.0 Å². The molecule has 1 aliphatic rings. The second-order valence-corrected chi connectivity index (χ2v) is 9.75. The van der Waals surface area contributed by atoms with Crippen LogP contribution in [0.15, 0.2) is 60.8 Å². The number of phenols is 1. The smallest absolute Gasteiger partial charge is 0.342 e. The third-order valence-electron chi connectivity index (χ3n) is 5.89. The van der Waals surface area contributed by atoms with Gasteiger partial charge in [0.2, 0.25) is 0 Å². The van der Waals surface area contributed by atoms with Crippen molar-refractivity contribution in [3.63, 3.8) is 0 Å². The van der Waals surface area contributed by atoms with Crippen molar-refractivity contribution in [3.05, 3.63) is 92.8 Å². The van der Waals surface area contributed by atoms with Crippen molar-refractivity contribution in [1.82, 2.24) is 20.1 Å². The second kappa shape index (κ2) is 10.4. The zero-order valence-corrected chi connectivity index (χ0v) is 21.5. The Morgan fingerprint density at radius 2 is 1.84 bits per heavy atom. The Kier molecular flexibility index (Phi) is 7.06. The molecule has 2 heterocycles. The summed E-state index contributed by atoms with van der Waals surface area (Å²) in [5.74, 6) is -0.282. The van der Waals surface area contributed by atoms with Crippen molar-refractivity contribution in [2.45, 2.75) is 25.3 Å². The molecule has 0 unspecified atom stereocenters. The van der Waals surface area contributed by atoms with Crippen LogP contribution < -0.4 is 10.6 Å². The fourth-order valence-electron chi connectivity index (χ4n) is 3.83. The zero-order valence-electron chi connectivity index (χ0n) is 19.2. The minimum atomic E-state index is -0.444. The van der Waals surface area contributed by atoms with Crippen LogP contribution >= 0.6 is 34.8 Å². The number of nitrogens with zero attached hydrogens (tertiary/aromatic N) is 3. The molecule has 2 aromatic carbocycles. The Hall–Kier alpha value is -3.59. The summed E-state index contributed by atoms with van der Waals surface area (Å²) in [6.45, 7) is 0.235. The molecule has 0 aliphatic heterocycles. The standard InChI is InChI=1S/C26H20Cl3N5O3/c27-19-7-3-14(10-20(19)28)13-31-26(37)34-22(15-4-5-15)12-21(33-34)18-11-16(6-8-23(18)35)32-25(36)17-2-1-9-30-24(17)29/h1-3,6-12,15,35H,4-5,13H2,(H,31,37)(H,32,36). The molecule has 11 heteroatoms. The fraction of sp³-hybridized carbons (Fsp3) is 0.154. The highest BCUT2D eigenvalue weighted by Gasteiger charge is 2.31. The van der Waals surface area contributed by atoms with Crippen LogP contribution in [-0.4, -0.2) is 31.8 Å². The molecule has 5 rings (SSSR count). The molecule has 0 bridgehead atoms. The van der Waals surface area contributed by atoms with E-state index in [1.807, 2.05) is 0 Å². The number of amides is 2. The number of halogens is 3. The van der Waals surface area contributed by atoms with Crippen molar-refractivity contribution in [1.29, 1.82) is 0 Å². The summed E-state index contributed by atoms with van der Waals surface area (Å²) >= 11 is 18.1. The van der Waals surface area contributed by atoms with Crippen LogP contribution in [0.1, 0.15) is 40.4 Å². The van der Waals surface area contributed by atoms with Crippen LogP contribution in [0.3, 0.4) is 0 Å². The summed E-state index contributed by atoms with van der Waals surface area (Å²) in [5.41, 5.74) is 2.95. The molecule has 0 radical (unpaired) electrons. The minimum Gasteiger partial charge on any atom is -0.507 e. The van der Waals surface area contributed by atoms with Gasteiger partial charge in [0.15, 0.2) is 0 Å². The number of pyridine rings is 1. The van der Waals surface area contributed by atoms with Crippen molar-refractivity contribution in [3.8, 4) is 17.0 Å². The number of hydrogen-bond acceptors (Lipinski definition) is 5. The molecule has 8 nitrogen and oxygen atoms in total. The van der Waals surface area contributed by atoms with Gasteiger partial charge in [-0.1, -0.05) is 40.9 Å². The van der Waals surface area contributed by atoms with Gasteiger partial charge < -0.3 is 15.7 Å². The van der Waals surface area contributed by atoms with Crippen LogP contribution in [0.5, 0.6) is 5.75 Å². The molecule has 4 aromatic rings. The summed E-state index contributed by atoms with van der Waals surface area (Å²) in [6.07, 6.45) is 3.38. The first-order valence-corrected chi connectivity index (χ1v) is 12.5. The molecule has 188 valence electrons. The Labute approximate surface area is 227 Å². The van der Waals surface area contributed by atoms with E-state index in [1.54, 1.807) is 48.5 Å². The maximum atomic E-state index is 13.0. The van der Waals surface area contributed by atoms with E-state index < -0.39 is 11.9 Å². The van der Waals surface area contributed by atoms with Gasteiger partial charge in [0.05, 0.1) is 27.0 Å². The number of carbonyl (C=O) groups is 2. The zero-order chi connectivity index (χ0) is 26.1. The number of rotatable bonds is 6. The van der Waals surface area contributed by atoms with Crippen LogP contribution in [-0.2, 0) is 6.54 Å². The third-order valence-corrected chi connectivity index (χ3v) is 6.93. The van der Waals surface area contributed by atoms with Gasteiger partial charge in [0, 0.05) is 29.9 Å². The predicted octanol–water partition coefficient (Wildman–Crippen LogP) is 6.50. The van der Waals surface area contributed by atoms with Gasteiger partial charge in [-0.15, -0.1) is 0 Å². The topological polar surface area (TPSA) is 109 Å². The molecule has 0 saturated heterocycles. The maximum Gasteiger partial charge on any atom is 0.342 e. The number of aromatic nitrogens is 3. The Balaban J connectivity index is 1.39. The summed E-state index contributed by atoms with van der Waals surface area (Å²) in [5, 5.41) is 21.6. The summed E-state index contributed by atoms with van der Waals surface area (Å²) in [4.78, 5) is 29.6. The first-order chi connectivity index (χ1) is 17.8. The lowest BCUT2D eigenvalue weighted by Gasteiger charge is -2.09. The monoisotopic (exact) mass is 555 g/mol. The summed E-state index contributed by atoms with van der Waals surface area (Å²) in [6, 6.07) is 14.3. The first kappa shape index (κ1) is 25.1. The predicted molar refractivity (Wildman–Crippen MR) is 143 cm³/mol. The Morgan fingerprint density at radius 3 is 2.57 bits per heavy atom. The largest absolute Gasteiger partial charge is 0.507 e. The summed E-state index contributed by atoms with van der Waals surface area (Å²) < 4.78 is 1.32. The molecule has 1 saturated carbocycles. The molecule has 1 fully saturated rings. The molecule has 0 spiro atoms. The van der Waals surface area contributed by atoms with E-state index in [1.165, 1.54) is 16.9 Å². The number of anilines is 1. The van der Waals surface area contributed by atoms with E-state index in [9.17, 15) is 14.7 Å². The van der Waals surface area contributed by atoms with Gasteiger partial charge >= 0.3 is 6.03 Å². The van der Waals surface area contributed by atoms with E-state index in [2.05, 4.69) is 20.7 Å². The van der Waals surface area contributed by atoms with Crippen molar-refractivity contribution in [2.75, 3.05) is 5.32 Å². The van der Waals surface area contributed by atoms with Crippen LogP contribution in [0, 0.1) is 0 Å². The Bertz CT molecular complexity index is 1520. The maximum absolute atomic E-state index is 13.0. The van der Waals surface area contributed by atoms with Crippen LogP contribution in [0.2, 0.25) is 15.2 Å². The highest BCUT2D eigenvalue weighted by atomic mass is 35.5. The fourth-order valence-corrected chi connectivity index (χ4v) is 4.36. The molecule has 2 amide bonds. The number of carbonyl (C=O) groups excluding carboxylic acids is 2. The van der Waals surface area contributed by atoms with Crippen molar-refractivity contribution >= 4 is 52.4 Å². The van der Waals surface area contributed by atoms with Gasteiger partial charge in [-0.3, -0.25) is 4.79 Å². The van der Waals surface area contributed by atoms with Crippen LogP contribution in [0.4, 0.5) is 10.5 Å². The SMILES string of the molecule is O=C(Nc1ccc(O)c(-c2cc(C3CC3)n(C(=O)NCc3ccc(Cl)c(Cl)c3)n2)c1)c1cccnc1Cl. The number of aromatic hydroxyl groups is 1. The Morgan fingerprint density at radius 1 is 1.03 bits per heavy atom. The van der Waals surface area contributed by atoms with E-state index in [4.69, 9.17) is 34.8 Å². The third kappa shape index (κ3) is 5.56. The molecule has 37 heavy (non-hydrogen) atoms. The molecular formula is C26H20Cl3N5O3. The molecule has 3 N–H and O–H groups in total. The lowest BCUT2D eigenvalue weighted by molar-refractivity contribution is 0.102. The number of nitrogens with one attached hydrogen (secondary N) is 2. The average Bonchev–Trinajstić information content (AvgIpc) is 3.64. The number of hydrogen-bond donors (Lipinski definition) is 3. The number of phenolic OH excluding ortho intramolecular Hbond substituents is 1. The van der Waals surface area contributed by atoms with E-state index >= 15 is 0 Å². The molecule has 0 atom stereocenters. The van der Waals surface area contributed by atoms with E-state index in [-0.39, 0.29) is 28.9 Å². The van der Waals surface area contributed by atoms with Crippen molar-refractivity contribution in [2.24, 2.45) is 0 Å². The average molecular weight is 557 g/mol. The second-order valence-electron chi connectivity index (χ2n) is 8.58. The van der Waals surface area contributed by atoms with Gasteiger partial charge in [-0.2, -0.15) is 9.78 Å². The lowest BCUT2D eigenvalue weighted by atomic mass is 10.1.